The van der Waals surface area contributed by atoms with Crippen LogP contribution >= 0.6 is 11.3 Å². The van der Waals surface area contributed by atoms with Crippen molar-refractivity contribution in [1.82, 2.24) is 24.8 Å². The van der Waals surface area contributed by atoms with Crippen molar-refractivity contribution in [2.75, 3.05) is 43.4 Å². The molecule has 0 saturated carbocycles. The van der Waals surface area contributed by atoms with Crippen molar-refractivity contribution < 1.29 is 9.18 Å². The smallest absolute Gasteiger partial charge is 0.239 e. The topological polar surface area (TPSA) is 77.8 Å². The molecule has 36 heavy (non-hydrogen) atoms. The van der Waals surface area contributed by atoms with Gasteiger partial charge in [-0.3, -0.25) is 4.79 Å². The number of aromatic nitrogens is 3. The van der Waals surface area contributed by atoms with E-state index in [-0.39, 0.29) is 23.8 Å². The highest BCUT2D eigenvalue weighted by atomic mass is 32.1. The molecular formula is C26H38FN7OS. The summed E-state index contributed by atoms with van der Waals surface area (Å²) >= 11 is 1.40. The van der Waals surface area contributed by atoms with Crippen LogP contribution in [0, 0.1) is 5.82 Å². The summed E-state index contributed by atoms with van der Waals surface area (Å²) < 4.78 is 15.7. The molecular weight excluding hydrogens is 477 g/mol. The Morgan fingerprint density at radius 3 is 2.83 bits per heavy atom. The minimum absolute atomic E-state index is 0.0227. The quantitative estimate of drug-likeness (QED) is 0.405. The van der Waals surface area contributed by atoms with Gasteiger partial charge in [0.25, 0.3) is 0 Å². The molecule has 2 N–H and O–H groups in total. The second kappa shape index (κ2) is 11.1. The number of halogens is 1. The van der Waals surface area contributed by atoms with Crippen molar-refractivity contribution in [3.8, 4) is 11.3 Å². The number of imidazole rings is 1. The molecule has 3 heterocycles. The van der Waals surface area contributed by atoms with Gasteiger partial charge in [-0.05, 0) is 65.6 Å². The van der Waals surface area contributed by atoms with Crippen LogP contribution in [0.5, 0.6) is 0 Å². The second-order valence-corrected chi connectivity index (χ2v) is 11.6. The van der Waals surface area contributed by atoms with Crippen molar-refractivity contribution >= 4 is 33.2 Å². The molecule has 8 nitrogen and oxygen atoms in total. The fourth-order valence-corrected chi connectivity index (χ4v) is 5.40. The SMILES string of the molecule is CC1CCCCN1CCCNC(=O)CN(C)c1nn2c(NC(C)(C)C)c(-c3cccc(F)c3)nc2s1. The zero-order valence-electron chi connectivity index (χ0n) is 22.0. The molecule has 1 saturated heterocycles. The number of likely N-dealkylation sites (N-methyl/N-ethyl adjacent to an activating group) is 1. The minimum atomic E-state index is -0.310. The molecule has 2 aromatic heterocycles. The zero-order valence-corrected chi connectivity index (χ0v) is 22.8. The first kappa shape index (κ1) is 26.3. The maximum absolute atomic E-state index is 13.9. The van der Waals surface area contributed by atoms with Gasteiger partial charge in [-0.2, -0.15) is 4.52 Å². The highest BCUT2D eigenvalue weighted by molar-refractivity contribution is 7.20. The fraction of sp³-hybridized carbons (Fsp3) is 0.577. The van der Waals surface area contributed by atoms with E-state index in [4.69, 9.17) is 10.1 Å². The number of hydrogen-bond acceptors (Lipinski definition) is 7. The van der Waals surface area contributed by atoms with Crippen LogP contribution in [-0.4, -0.2) is 70.2 Å². The maximum atomic E-state index is 13.9. The number of likely N-dealkylation sites (tertiary alicyclic amines) is 1. The third-order valence-electron chi connectivity index (χ3n) is 6.38. The number of carbonyl (C=O) groups is 1. The number of anilines is 2. The van der Waals surface area contributed by atoms with Crippen molar-refractivity contribution in [3.63, 3.8) is 0 Å². The Kier molecular flexibility index (Phi) is 8.14. The predicted octanol–water partition coefficient (Wildman–Crippen LogP) is 4.62. The Morgan fingerprint density at radius 2 is 2.11 bits per heavy atom. The molecule has 1 amide bonds. The van der Waals surface area contributed by atoms with Crippen LogP contribution in [0.1, 0.15) is 53.4 Å². The van der Waals surface area contributed by atoms with E-state index in [2.05, 4.69) is 43.2 Å². The van der Waals surface area contributed by atoms with Crippen LogP contribution in [0.2, 0.25) is 0 Å². The molecule has 3 aromatic rings. The summed E-state index contributed by atoms with van der Waals surface area (Å²) in [5, 5.41) is 11.9. The lowest BCUT2D eigenvalue weighted by Crippen LogP contribution is -2.40. The van der Waals surface area contributed by atoms with E-state index in [1.807, 2.05) is 18.0 Å². The molecule has 1 fully saturated rings. The summed E-state index contributed by atoms with van der Waals surface area (Å²) in [6.45, 7) is 11.5. The molecule has 1 aromatic carbocycles. The number of piperidine rings is 1. The number of nitrogens with one attached hydrogen (secondary N) is 2. The Bertz CT molecular complexity index is 1180. The third kappa shape index (κ3) is 6.53. The van der Waals surface area contributed by atoms with Crippen LogP contribution in [0.25, 0.3) is 16.2 Å². The van der Waals surface area contributed by atoms with Crippen molar-refractivity contribution in [3.05, 3.63) is 30.1 Å². The first-order chi connectivity index (χ1) is 17.1. The lowest BCUT2D eigenvalue weighted by Gasteiger charge is -2.33. The summed E-state index contributed by atoms with van der Waals surface area (Å²) in [6.07, 6.45) is 4.82. The summed E-state index contributed by atoms with van der Waals surface area (Å²) in [7, 11) is 1.86. The molecule has 4 rings (SSSR count). The van der Waals surface area contributed by atoms with Gasteiger partial charge in [-0.1, -0.05) is 29.9 Å². The normalized spacial score (nSPS) is 16.9. The summed E-state index contributed by atoms with van der Waals surface area (Å²) in [6, 6.07) is 7.06. The van der Waals surface area contributed by atoms with Gasteiger partial charge in [-0.15, -0.1) is 5.10 Å². The van der Waals surface area contributed by atoms with Crippen LogP contribution in [0.3, 0.4) is 0 Å². The van der Waals surface area contributed by atoms with E-state index in [0.29, 0.717) is 39.8 Å². The molecule has 1 unspecified atom stereocenters. The van der Waals surface area contributed by atoms with E-state index in [9.17, 15) is 9.18 Å². The van der Waals surface area contributed by atoms with Crippen molar-refractivity contribution in [1.29, 1.82) is 0 Å². The molecule has 0 bridgehead atoms. The largest absolute Gasteiger partial charge is 0.364 e. The monoisotopic (exact) mass is 515 g/mol. The number of nitrogens with zero attached hydrogens (tertiary/aromatic N) is 5. The van der Waals surface area contributed by atoms with Crippen molar-refractivity contribution in [2.24, 2.45) is 0 Å². The Morgan fingerprint density at radius 1 is 1.31 bits per heavy atom. The van der Waals surface area contributed by atoms with E-state index in [1.54, 1.807) is 10.6 Å². The average molecular weight is 516 g/mol. The maximum Gasteiger partial charge on any atom is 0.239 e. The minimum Gasteiger partial charge on any atom is -0.364 e. The third-order valence-corrected chi connectivity index (χ3v) is 7.40. The molecule has 1 atom stereocenters. The van der Waals surface area contributed by atoms with Gasteiger partial charge < -0.3 is 20.4 Å². The Hall–Kier alpha value is -2.72. The van der Waals surface area contributed by atoms with Gasteiger partial charge in [0.1, 0.15) is 11.5 Å². The van der Waals surface area contributed by atoms with Gasteiger partial charge in [0.2, 0.25) is 16.0 Å². The number of fused-ring (bicyclic) bond motifs is 1. The fourth-order valence-electron chi connectivity index (χ4n) is 4.54. The lowest BCUT2D eigenvalue weighted by molar-refractivity contribution is -0.119. The first-order valence-electron chi connectivity index (χ1n) is 12.8. The zero-order chi connectivity index (χ0) is 25.9. The van der Waals surface area contributed by atoms with Crippen LogP contribution in [0.15, 0.2) is 24.3 Å². The number of hydrogen-bond donors (Lipinski definition) is 2. The van der Waals surface area contributed by atoms with Crippen LogP contribution in [-0.2, 0) is 4.79 Å². The lowest BCUT2D eigenvalue weighted by atomic mass is 10.0. The molecule has 0 aliphatic carbocycles. The molecule has 196 valence electrons. The highest BCUT2D eigenvalue weighted by Crippen LogP contribution is 2.34. The van der Waals surface area contributed by atoms with E-state index in [0.717, 1.165) is 19.5 Å². The standard InChI is InChI=1S/C26H38FN7OS/c1-18-10-6-7-14-33(18)15-9-13-28-21(35)17-32(5)25-31-34-23(30-26(2,3)4)22(29-24(34)36-25)19-11-8-12-20(27)16-19/h8,11-12,16,18,30H,6-7,9-10,13-15,17H2,1-5H3,(H,28,35). The van der Waals surface area contributed by atoms with Gasteiger partial charge in [0.15, 0.2) is 5.82 Å². The first-order valence-corrected chi connectivity index (χ1v) is 13.6. The summed E-state index contributed by atoms with van der Waals surface area (Å²) in [5.41, 5.74) is 1.09. The van der Waals surface area contributed by atoms with Gasteiger partial charge in [-0.25, -0.2) is 9.37 Å². The molecule has 1 aliphatic rings. The van der Waals surface area contributed by atoms with Gasteiger partial charge >= 0.3 is 0 Å². The Labute approximate surface area is 216 Å². The van der Waals surface area contributed by atoms with E-state index >= 15 is 0 Å². The summed E-state index contributed by atoms with van der Waals surface area (Å²) in [5.74, 6) is 0.372. The number of carbonyl (C=O) groups excluding carboxylic acids is 1. The second-order valence-electron chi connectivity index (χ2n) is 10.7. The molecule has 1 aliphatic heterocycles. The molecule has 10 heteroatoms. The average Bonchev–Trinajstić information content (AvgIpc) is 3.36. The van der Waals surface area contributed by atoms with Crippen LogP contribution in [0.4, 0.5) is 15.3 Å². The number of amides is 1. The molecule has 0 spiro atoms. The van der Waals surface area contributed by atoms with Crippen molar-refractivity contribution in [2.45, 2.75) is 65.0 Å². The van der Waals surface area contributed by atoms with Crippen LogP contribution < -0.4 is 15.5 Å². The van der Waals surface area contributed by atoms with E-state index in [1.165, 1.54) is 42.7 Å². The van der Waals surface area contributed by atoms with E-state index < -0.39 is 0 Å². The van der Waals surface area contributed by atoms with Gasteiger partial charge in [0.05, 0.1) is 6.54 Å². The highest BCUT2D eigenvalue weighted by Gasteiger charge is 2.24. The van der Waals surface area contributed by atoms with Gasteiger partial charge in [0, 0.05) is 37.3 Å². The molecule has 0 radical (unpaired) electrons. The summed E-state index contributed by atoms with van der Waals surface area (Å²) in [4.78, 5) is 22.4. The number of benzene rings is 1. The predicted molar refractivity (Wildman–Crippen MR) is 145 cm³/mol. The Balaban J connectivity index is 1.41. The number of rotatable bonds is 9.